The van der Waals surface area contributed by atoms with Crippen LogP contribution in [0.25, 0.3) is 11.1 Å². The van der Waals surface area contributed by atoms with Crippen molar-refractivity contribution >= 4 is 30.6 Å². The largest absolute Gasteiger partial charge is 0.489 e. The van der Waals surface area contributed by atoms with E-state index >= 15 is 4.79 Å². The van der Waals surface area contributed by atoms with Crippen molar-refractivity contribution in [2.75, 3.05) is 26.1 Å². The minimum atomic E-state index is -3.48. The predicted molar refractivity (Wildman–Crippen MR) is 233 cm³/mol. The van der Waals surface area contributed by atoms with Crippen molar-refractivity contribution in [3.63, 3.8) is 0 Å². The molecule has 6 aromatic carbocycles. The molecule has 2 amide bonds. The van der Waals surface area contributed by atoms with E-state index in [1.807, 2.05) is 121 Å². The van der Waals surface area contributed by atoms with Crippen molar-refractivity contribution in [2.24, 2.45) is 5.92 Å². The van der Waals surface area contributed by atoms with Gasteiger partial charge in [0.15, 0.2) is 0 Å². The van der Waals surface area contributed by atoms with Crippen LogP contribution in [0.5, 0.6) is 5.75 Å². The summed E-state index contributed by atoms with van der Waals surface area (Å²) >= 11 is 0. The van der Waals surface area contributed by atoms with Gasteiger partial charge < -0.3 is 28.9 Å². The number of carbonyl (C=O) groups is 2. The lowest BCUT2D eigenvalue weighted by Gasteiger charge is -2.33. The van der Waals surface area contributed by atoms with Gasteiger partial charge >= 0.3 is 13.7 Å². The Balaban J connectivity index is 1.33. The Hall–Kier alpha value is -6.10. The van der Waals surface area contributed by atoms with Gasteiger partial charge in [0.1, 0.15) is 24.8 Å². The quantitative estimate of drug-likeness (QED) is 0.0814. The van der Waals surface area contributed by atoms with Crippen molar-refractivity contribution in [1.82, 2.24) is 4.90 Å². The van der Waals surface area contributed by atoms with E-state index in [-0.39, 0.29) is 26.1 Å². The zero-order valence-electron chi connectivity index (χ0n) is 33.9. The molecule has 314 valence electrons. The predicted octanol–water partition coefficient (Wildman–Crippen LogP) is 10.1. The van der Waals surface area contributed by atoms with Crippen LogP contribution in [0.1, 0.15) is 47.2 Å². The van der Waals surface area contributed by atoms with Gasteiger partial charge in [-0.3, -0.25) is 9.36 Å². The minimum Gasteiger partial charge on any atom is -0.489 e. The Morgan fingerprint density at radius 3 is 2.05 bits per heavy atom. The minimum absolute atomic E-state index is 0.0321. The number of para-hydroxylation sites is 1. The number of amides is 2. The molecule has 6 aromatic rings. The monoisotopic (exact) mass is 842 g/mol. The second-order valence-electron chi connectivity index (χ2n) is 14.8. The van der Waals surface area contributed by atoms with E-state index in [4.69, 9.17) is 18.5 Å². The number of hydrogen-bond acceptors (Lipinski definition) is 9. The van der Waals surface area contributed by atoms with Crippen molar-refractivity contribution in [1.29, 1.82) is 0 Å². The maximum atomic E-state index is 15.3. The molecule has 0 aromatic heterocycles. The maximum absolute atomic E-state index is 15.3. The van der Waals surface area contributed by atoms with Gasteiger partial charge in [0.2, 0.25) is 5.91 Å². The molecule has 1 aliphatic rings. The van der Waals surface area contributed by atoms with E-state index in [0.29, 0.717) is 34.3 Å². The molecular weight excluding hydrogens is 795 g/mol. The van der Waals surface area contributed by atoms with Gasteiger partial charge in [0.05, 0.1) is 29.4 Å². The second-order valence-corrected chi connectivity index (χ2v) is 17.0. The summed E-state index contributed by atoms with van der Waals surface area (Å²) in [5.41, 5.74) is 5.28. The highest BCUT2D eigenvalue weighted by atomic mass is 31.2. The van der Waals surface area contributed by atoms with E-state index in [9.17, 15) is 18.9 Å². The third kappa shape index (κ3) is 10.4. The number of ether oxygens (including phenoxy) is 2. The Kier molecular flexibility index (Phi) is 14.1. The molecule has 1 saturated heterocycles. The molecule has 0 aliphatic carbocycles. The molecule has 12 heteroatoms. The Labute approximate surface area is 355 Å². The first-order valence-corrected chi connectivity index (χ1v) is 21.6. The molecule has 10 nitrogen and oxygen atoms in total. The summed E-state index contributed by atoms with van der Waals surface area (Å²) in [6.07, 6.45) is -1.16. The number of aliphatic hydroxyl groups excluding tert-OH is 1. The zero-order valence-corrected chi connectivity index (χ0v) is 34.8. The normalized spacial score (nSPS) is 15.4. The van der Waals surface area contributed by atoms with Gasteiger partial charge in [-0.2, -0.15) is 0 Å². The topological polar surface area (TPSA) is 124 Å². The first-order chi connectivity index (χ1) is 29.7. The van der Waals surface area contributed by atoms with E-state index in [2.05, 4.69) is 5.32 Å². The Morgan fingerprint density at radius 1 is 0.803 bits per heavy atom. The highest BCUT2D eigenvalue weighted by Gasteiger charge is 2.44. The molecule has 4 atom stereocenters. The first-order valence-electron chi connectivity index (χ1n) is 20.1. The van der Waals surface area contributed by atoms with Gasteiger partial charge in [-0.15, -0.1) is 0 Å². The number of cyclic esters (lactones) is 1. The fourth-order valence-corrected chi connectivity index (χ4v) is 8.71. The Morgan fingerprint density at radius 2 is 1.41 bits per heavy atom. The maximum Gasteiger partial charge on any atom is 0.416 e. The van der Waals surface area contributed by atoms with E-state index in [1.165, 1.54) is 43.4 Å². The van der Waals surface area contributed by atoms with Gasteiger partial charge in [-0.1, -0.05) is 115 Å². The van der Waals surface area contributed by atoms with Crippen LogP contribution in [0.4, 0.5) is 14.9 Å². The number of benzene rings is 6. The molecule has 7 rings (SSSR count). The summed E-state index contributed by atoms with van der Waals surface area (Å²) in [6.45, 7) is 0.239. The van der Waals surface area contributed by atoms with Crippen LogP contribution in [0.3, 0.4) is 0 Å². The number of anilines is 1. The van der Waals surface area contributed by atoms with Crippen molar-refractivity contribution < 1.29 is 42.2 Å². The average molecular weight is 843 g/mol. The van der Waals surface area contributed by atoms with E-state index in [1.54, 1.807) is 12.1 Å². The number of nitrogens with zero attached hydrogens (tertiary/aromatic N) is 1. The van der Waals surface area contributed by atoms with Crippen LogP contribution in [0.2, 0.25) is 0 Å². The lowest BCUT2D eigenvalue weighted by atomic mass is 9.84. The van der Waals surface area contributed by atoms with Crippen LogP contribution >= 0.6 is 7.60 Å². The number of nitrogens with one attached hydrogen (secondary N) is 1. The number of halogens is 1. The first kappa shape index (κ1) is 43.0. The molecule has 0 bridgehead atoms. The van der Waals surface area contributed by atoms with Crippen LogP contribution in [-0.4, -0.2) is 48.9 Å². The third-order valence-corrected chi connectivity index (χ3v) is 12.8. The van der Waals surface area contributed by atoms with Gasteiger partial charge in [-0.25, -0.2) is 14.1 Å². The molecule has 0 spiro atoms. The van der Waals surface area contributed by atoms with Crippen LogP contribution in [0.15, 0.2) is 158 Å². The summed E-state index contributed by atoms with van der Waals surface area (Å²) in [7, 11) is -0.808. The molecule has 1 aliphatic heterocycles. The highest BCUT2D eigenvalue weighted by Crippen LogP contribution is 2.46. The summed E-state index contributed by atoms with van der Waals surface area (Å²) < 4.78 is 49.6. The lowest BCUT2D eigenvalue weighted by Crippen LogP contribution is -2.46. The summed E-state index contributed by atoms with van der Waals surface area (Å²) in [4.78, 5) is 30.1. The molecule has 2 N–H and O–H groups in total. The molecule has 61 heavy (non-hydrogen) atoms. The van der Waals surface area contributed by atoms with Gasteiger partial charge in [0, 0.05) is 25.5 Å². The number of rotatable bonds is 18. The zero-order chi connectivity index (χ0) is 42.8. The smallest absolute Gasteiger partial charge is 0.416 e. The standard InChI is InChI=1S/C49H48FN2O8P/c1-57-61(56,58-2)42-25-20-36(21-26-42)38-22-27-43(46(31-38)59-32-35-14-8-4-9-15-35)47(51-40-16-10-5-11-17-40)44(28-29-45(53)37-18-23-39(50)24-19-37)48(54)52-41(33-60-49(52)55)30-34-12-6-3-7-13-34/h3-27,31,41,44-45,47,51,53H,28-30,32-33H2,1-2H3/t41-,44+,45-,47+/m0/s1. The van der Waals surface area contributed by atoms with Crippen LogP contribution < -0.4 is 15.4 Å². The van der Waals surface area contributed by atoms with Crippen molar-refractivity contribution in [3.8, 4) is 16.9 Å². The highest BCUT2D eigenvalue weighted by molar-refractivity contribution is 7.62. The Bertz CT molecular complexity index is 2410. The number of aliphatic hydroxyl groups is 1. The number of hydrogen-bond donors (Lipinski definition) is 2. The molecule has 0 unspecified atom stereocenters. The van der Waals surface area contributed by atoms with Gasteiger partial charge in [0.25, 0.3) is 0 Å². The number of imide groups is 1. The lowest BCUT2D eigenvalue weighted by molar-refractivity contribution is -0.134. The summed E-state index contributed by atoms with van der Waals surface area (Å²) in [6, 6.07) is 45.8. The molecule has 1 heterocycles. The molecule has 0 saturated carbocycles. The summed E-state index contributed by atoms with van der Waals surface area (Å²) in [5, 5.41) is 15.5. The fourth-order valence-electron chi connectivity index (χ4n) is 7.63. The molecular formula is C49H48FN2O8P. The van der Waals surface area contributed by atoms with Gasteiger partial charge in [-0.05, 0) is 89.5 Å². The molecule has 0 radical (unpaired) electrons. The SMILES string of the molecule is COP(=O)(OC)c1ccc(-c2ccc([C@@H](Nc3ccccc3)[C@@H](CC[C@H](O)c3ccc(F)cc3)C(=O)N3C(=O)OC[C@@H]3Cc3ccccc3)c(OCc3ccccc3)c2)cc1. The fraction of sp³-hybridized carbons (Fsp3) is 0.224. The third-order valence-electron chi connectivity index (χ3n) is 10.9. The summed E-state index contributed by atoms with van der Waals surface area (Å²) in [5.74, 6) is -1.39. The van der Waals surface area contributed by atoms with Crippen LogP contribution in [0, 0.1) is 11.7 Å². The second kappa shape index (κ2) is 20.0. The van der Waals surface area contributed by atoms with Crippen LogP contribution in [-0.2, 0) is 36.2 Å². The van der Waals surface area contributed by atoms with E-state index in [0.717, 1.165) is 22.3 Å². The average Bonchev–Trinajstić information content (AvgIpc) is 3.67. The number of carbonyl (C=O) groups excluding carboxylic acids is 2. The van der Waals surface area contributed by atoms with Crippen molar-refractivity contribution in [3.05, 3.63) is 186 Å². The molecule has 1 fully saturated rings. The van der Waals surface area contributed by atoms with Crippen molar-refractivity contribution in [2.45, 2.75) is 44.1 Å². The van der Waals surface area contributed by atoms with E-state index < -0.39 is 49.5 Å².